The molecule has 0 radical (unpaired) electrons. The molecule has 0 N–H and O–H groups in total. The summed E-state index contributed by atoms with van der Waals surface area (Å²) in [6.07, 6.45) is 2.41. The van der Waals surface area contributed by atoms with E-state index in [1.54, 1.807) is 0 Å². The smallest absolute Gasteiger partial charge is 0.137 e. The van der Waals surface area contributed by atoms with Crippen molar-refractivity contribution in [2.75, 3.05) is 11.4 Å². The Labute approximate surface area is 115 Å². The number of hydrogen-bond donors (Lipinski definition) is 0. The van der Waals surface area contributed by atoms with Crippen molar-refractivity contribution in [1.82, 2.24) is 9.97 Å². The molecule has 0 amide bonds. The van der Waals surface area contributed by atoms with Gasteiger partial charge in [0.2, 0.25) is 0 Å². The summed E-state index contributed by atoms with van der Waals surface area (Å²) >= 11 is 6.26. The maximum absolute atomic E-state index is 6.26. The minimum atomic E-state index is 0.163. The second-order valence-corrected chi connectivity index (χ2v) is 6.40. The quantitative estimate of drug-likeness (QED) is 0.760. The molecule has 2 rings (SSSR count). The molecular formula is C14H22ClN3. The van der Waals surface area contributed by atoms with Gasteiger partial charge in [0.25, 0.3) is 0 Å². The number of nitrogens with zero attached hydrogens (tertiary/aromatic N) is 3. The molecule has 1 aromatic rings. The topological polar surface area (TPSA) is 29.0 Å². The lowest BCUT2D eigenvalue weighted by molar-refractivity contribution is 0.512. The van der Waals surface area contributed by atoms with Crippen LogP contribution in [-0.4, -0.2) is 22.1 Å². The van der Waals surface area contributed by atoms with Crippen LogP contribution >= 0.6 is 11.6 Å². The van der Waals surface area contributed by atoms with Crippen molar-refractivity contribution in [1.29, 1.82) is 0 Å². The molecule has 4 heteroatoms. The van der Waals surface area contributed by atoms with Crippen LogP contribution in [0.2, 0.25) is 5.15 Å². The van der Waals surface area contributed by atoms with E-state index in [-0.39, 0.29) is 5.54 Å². The molecule has 100 valence electrons. The molecule has 1 fully saturated rings. The lowest BCUT2D eigenvalue weighted by atomic mass is 10.0. The van der Waals surface area contributed by atoms with Gasteiger partial charge < -0.3 is 4.90 Å². The molecule has 0 bridgehead atoms. The Balaban J connectivity index is 2.50. The molecule has 3 nitrogen and oxygen atoms in total. The van der Waals surface area contributed by atoms with Crippen molar-refractivity contribution >= 4 is 17.4 Å². The third-order valence-corrected chi connectivity index (χ3v) is 4.12. The molecule has 0 saturated carbocycles. The predicted molar refractivity (Wildman–Crippen MR) is 76.5 cm³/mol. The highest BCUT2D eigenvalue weighted by molar-refractivity contribution is 6.30. The molecule has 1 aliphatic rings. The van der Waals surface area contributed by atoms with Crippen LogP contribution in [0.5, 0.6) is 0 Å². The highest BCUT2D eigenvalue weighted by Crippen LogP contribution is 2.36. The van der Waals surface area contributed by atoms with Crippen LogP contribution in [0.3, 0.4) is 0 Å². The third kappa shape index (κ3) is 2.33. The largest absolute Gasteiger partial charge is 0.351 e. The van der Waals surface area contributed by atoms with Crippen molar-refractivity contribution in [3.05, 3.63) is 16.5 Å². The second kappa shape index (κ2) is 4.69. The minimum absolute atomic E-state index is 0.163. The van der Waals surface area contributed by atoms with Crippen LogP contribution in [-0.2, 0) is 0 Å². The number of hydrogen-bond acceptors (Lipinski definition) is 3. The van der Waals surface area contributed by atoms with E-state index in [0.717, 1.165) is 23.8 Å². The molecule has 1 aromatic heterocycles. The summed E-state index contributed by atoms with van der Waals surface area (Å²) in [5.41, 5.74) is 1.16. The van der Waals surface area contributed by atoms with Gasteiger partial charge in [0.05, 0.1) is 0 Å². The van der Waals surface area contributed by atoms with Crippen LogP contribution in [0.4, 0.5) is 5.82 Å². The standard InChI is InChI=1S/C14H22ClN3/c1-9(2)12-16-11(15)10(3)13(17-12)18-8-6-7-14(18,4)5/h9H,6-8H2,1-5H3. The van der Waals surface area contributed by atoms with Gasteiger partial charge in [-0.05, 0) is 33.6 Å². The molecule has 18 heavy (non-hydrogen) atoms. The van der Waals surface area contributed by atoms with E-state index >= 15 is 0 Å². The summed E-state index contributed by atoms with van der Waals surface area (Å²) in [7, 11) is 0. The lowest BCUT2D eigenvalue weighted by Crippen LogP contribution is -2.39. The maximum Gasteiger partial charge on any atom is 0.137 e. The van der Waals surface area contributed by atoms with E-state index in [0.29, 0.717) is 11.1 Å². The van der Waals surface area contributed by atoms with E-state index in [1.165, 1.54) is 12.8 Å². The van der Waals surface area contributed by atoms with Crippen molar-refractivity contribution in [2.45, 2.75) is 58.9 Å². The number of anilines is 1. The SMILES string of the molecule is Cc1c(Cl)nc(C(C)C)nc1N1CCCC1(C)C. The number of rotatable bonds is 2. The summed E-state index contributed by atoms with van der Waals surface area (Å²) < 4.78 is 0. The van der Waals surface area contributed by atoms with Gasteiger partial charge in [0.1, 0.15) is 16.8 Å². The van der Waals surface area contributed by atoms with E-state index in [1.807, 2.05) is 6.92 Å². The Morgan fingerprint density at radius 3 is 2.44 bits per heavy atom. The first-order valence-corrected chi connectivity index (χ1v) is 7.02. The summed E-state index contributed by atoms with van der Waals surface area (Å²) in [6, 6.07) is 0. The Bertz CT molecular complexity index is 455. The van der Waals surface area contributed by atoms with Gasteiger partial charge in [-0.3, -0.25) is 0 Å². The van der Waals surface area contributed by atoms with Crippen molar-refractivity contribution in [2.24, 2.45) is 0 Å². The Morgan fingerprint density at radius 1 is 1.28 bits per heavy atom. The number of aromatic nitrogens is 2. The zero-order chi connectivity index (χ0) is 13.5. The lowest BCUT2D eigenvalue weighted by Gasteiger charge is -2.34. The van der Waals surface area contributed by atoms with E-state index in [2.05, 4.69) is 37.6 Å². The predicted octanol–water partition coefficient (Wildman–Crippen LogP) is 3.94. The monoisotopic (exact) mass is 267 g/mol. The highest BCUT2D eigenvalue weighted by atomic mass is 35.5. The molecule has 2 heterocycles. The molecule has 0 atom stereocenters. The molecule has 1 saturated heterocycles. The van der Waals surface area contributed by atoms with Crippen LogP contribution in [0.25, 0.3) is 0 Å². The fourth-order valence-corrected chi connectivity index (χ4v) is 2.69. The van der Waals surface area contributed by atoms with Gasteiger partial charge in [-0.15, -0.1) is 0 Å². The summed E-state index contributed by atoms with van der Waals surface area (Å²) in [5.74, 6) is 2.15. The zero-order valence-corrected chi connectivity index (χ0v) is 12.7. The van der Waals surface area contributed by atoms with Gasteiger partial charge in [-0.2, -0.15) is 0 Å². The van der Waals surface area contributed by atoms with Crippen LogP contribution in [0.15, 0.2) is 0 Å². The molecule has 0 aliphatic carbocycles. The Morgan fingerprint density at radius 2 is 1.94 bits per heavy atom. The molecule has 0 spiro atoms. The Kier molecular flexibility index (Phi) is 3.54. The fraction of sp³-hybridized carbons (Fsp3) is 0.714. The minimum Gasteiger partial charge on any atom is -0.351 e. The van der Waals surface area contributed by atoms with E-state index in [9.17, 15) is 0 Å². The van der Waals surface area contributed by atoms with Crippen molar-refractivity contribution < 1.29 is 0 Å². The maximum atomic E-state index is 6.26. The van der Waals surface area contributed by atoms with Crippen LogP contribution < -0.4 is 4.90 Å². The first-order chi connectivity index (χ1) is 8.33. The molecule has 0 unspecified atom stereocenters. The second-order valence-electron chi connectivity index (χ2n) is 6.04. The highest BCUT2D eigenvalue weighted by Gasteiger charge is 2.34. The molecular weight excluding hydrogens is 246 g/mol. The van der Waals surface area contributed by atoms with Gasteiger partial charge in [-0.1, -0.05) is 25.4 Å². The van der Waals surface area contributed by atoms with E-state index < -0.39 is 0 Å². The Hall–Kier alpha value is -0.830. The summed E-state index contributed by atoms with van der Waals surface area (Å²) in [5, 5.41) is 0.589. The zero-order valence-electron chi connectivity index (χ0n) is 11.9. The van der Waals surface area contributed by atoms with Crippen molar-refractivity contribution in [3.8, 4) is 0 Å². The summed E-state index contributed by atoms with van der Waals surface area (Å²) in [6.45, 7) is 11.8. The van der Waals surface area contributed by atoms with Gasteiger partial charge >= 0.3 is 0 Å². The van der Waals surface area contributed by atoms with Gasteiger partial charge in [-0.25, -0.2) is 9.97 Å². The number of halogens is 1. The van der Waals surface area contributed by atoms with Crippen LogP contribution in [0.1, 0.15) is 57.8 Å². The summed E-state index contributed by atoms with van der Waals surface area (Å²) in [4.78, 5) is 11.5. The fourth-order valence-electron chi connectivity index (χ4n) is 2.52. The van der Waals surface area contributed by atoms with Crippen molar-refractivity contribution in [3.63, 3.8) is 0 Å². The van der Waals surface area contributed by atoms with Gasteiger partial charge in [0, 0.05) is 23.6 Å². The van der Waals surface area contributed by atoms with E-state index in [4.69, 9.17) is 16.6 Å². The molecule has 1 aliphatic heterocycles. The van der Waals surface area contributed by atoms with Gasteiger partial charge in [0.15, 0.2) is 0 Å². The average molecular weight is 268 g/mol. The normalized spacial score (nSPS) is 18.7. The van der Waals surface area contributed by atoms with Crippen LogP contribution in [0, 0.1) is 6.92 Å². The average Bonchev–Trinajstić information content (AvgIpc) is 2.61. The first-order valence-electron chi connectivity index (χ1n) is 6.64. The third-order valence-electron chi connectivity index (χ3n) is 3.75. The first kappa shape index (κ1) is 13.6. The molecule has 0 aromatic carbocycles.